The van der Waals surface area contributed by atoms with E-state index >= 15 is 0 Å². The van der Waals surface area contributed by atoms with Crippen LogP contribution in [0.5, 0.6) is 0 Å². The summed E-state index contributed by atoms with van der Waals surface area (Å²) >= 11 is 0. The molecule has 1 unspecified atom stereocenters. The molecule has 27 heavy (non-hydrogen) atoms. The van der Waals surface area contributed by atoms with Crippen LogP contribution in [0.3, 0.4) is 0 Å². The van der Waals surface area contributed by atoms with E-state index in [2.05, 4.69) is 10.0 Å². The summed E-state index contributed by atoms with van der Waals surface area (Å²) in [6, 6.07) is 16.0. The van der Waals surface area contributed by atoms with Gasteiger partial charge in [0.2, 0.25) is 15.9 Å². The Labute approximate surface area is 160 Å². The highest BCUT2D eigenvalue weighted by Crippen LogP contribution is 2.16. The van der Waals surface area contributed by atoms with E-state index < -0.39 is 10.0 Å². The molecular weight excluding hydrogens is 364 g/mol. The first kappa shape index (κ1) is 19.5. The molecule has 1 amide bonds. The molecule has 1 atom stereocenters. The maximum Gasteiger partial charge on any atom is 0.240 e. The molecule has 0 aliphatic carbocycles. The molecule has 1 saturated heterocycles. The Kier molecular flexibility index (Phi) is 6.60. The zero-order valence-electron chi connectivity index (χ0n) is 15.1. The lowest BCUT2D eigenvalue weighted by molar-refractivity contribution is -0.116. The van der Waals surface area contributed by atoms with Crippen molar-refractivity contribution in [1.29, 1.82) is 0 Å². The monoisotopic (exact) mass is 388 g/mol. The molecule has 0 spiro atoms. The summed E-state index contributed by atoms with van der Waals surface area (Å²) in [7, 11) is -3.58. The molecule has 1 fully saturated rings. The van der Waals surface area contributed by atoms with Gasteiger partial charge in [0.25, 0.3) is 0 Å². The Bertz CT molecular complexity index is 845. The van der Waals surface area contributed by atoms with Crippen molar-refractivity contribution < 1.29 is 17.9 Å². The molecule has 3 rings (SSSR count). The predicted octanol–water partition coefficient (Wildman–Crippen LogP) is 2.72. The van der Waals surface area contributed by atoms with Gasteiger partial charge in [0.15, 0.2) is 0 Å². The molecular formula is C20H24N2O4S. The van der Waals surface area contributed by atoms with Crippen LogP contribution in [-0.2, 0) is 26.0 Å². The maximum atomic E-state index is 12.3. The number of rotatable bonds is 8. The molecule has 1 heterocycles. The van der Waals surface area contributed by atoms with Crippen LogP contribution in [0.1, 0.15) is 24.8 Å². The Morgan fingerprint density at radius 2 is 1.81 bits per heavy atom. The van der Waals surface area contributed by atoms with Crippen molar-refractivity contribution in [2.45, 2.75) is 36.7 Å². The second-order valence-electron chi connectivity index (χ2n) is 6.55. The van der Waals surface area contributed by atoms with Crippen LogP contribution in [0.25, 0.3) is 0 Å². The molecule has 2 aromatic carbocycles. The Balaban J connectivity index is 1.50. The second kappa shape index (κ2) is 9.12. The third-order valence-corrected chi connectivity index (χ3v) is 5.90. The first-order valence-electron chi connectivity index (χ1n) is 9.08. The van der Waals surface area contributed by atoms with E-state index in [0.29, 0.717) is 25.1 Å². The van der Waals surface area contributed by atoms with E-state index in [4.69, 9.17) is 4.74 Å². The smallest absolute Gasteiger partial charge is 0.240 e. The van der Waals surface area contributed by atoms with Crippen LogP contribution in [0, 0.1) is 0 Å². The number of carbonyl (C=O) groups excluding carboxylic acids is 1. The molecule has 2 aromatic rings. The van der Waals surface area contributed by atoms with Crippen molar-refractivity contribution >= 4 is 21.6 Å². The fraction of sp³-hybridized carbons (Fsp3) is 0.350. The Hall–Kier alpha value is -2.22. The first-order valence-corrected chi connectivity index (χ1v) is 10.6. The SMILES string of the molecule is O=C(CCc1ccccc1)Nc1ccc(S(=O)(=O)NCC2CCCO2)cc1. The zero-order chi connectivity index (χ0) is 19.1. The molecule has 6 nitrogen and oxygen atoms in total. The minimum Gasteiger partial charge on any atom is -0.377 e. The molecule has 1 aliphatic rings. The van der Waals surface area contributed by atoms with Crippen molar-refractivity contribution in [3.05, 3.63) is 60.2 Å². The second-order valence-corrected chi connectivity index (χ2v) is 8.31. The lowest BCUT2D eigenvalue weighted by atomic mass is 10.1. The Morgan fingerprint density at radius 1 is 1.07 bits per heavy atom. The molecule has 7 heteroatoms. The molecule has 0 radical (unpaired) electrons. The van der Waals surface area contributed by atoms with E-state index in [-0.39, 0.29) is 23.5 Å². The minimum atomic E-state index is -3.58. The van der Waals surface area contributed by atoms with Crippen LogP contribution in [0.4, 0.5) is 5.69 Å². The fourth-order valence-electron chi connectivity index (χ4n) is 2.93. The number of hydrogen-bond donors (Lipinski definition) is 2. The quantitative estimate of drug-likeness (QED) is 0.728. The number of sulfonamides is 1. The highest BCUT2D eigenvalue weighted by molar-refractivity contribution is 7.89. The molecule has 0 aromatic heterocycles. The van der Waals surface area contributed by atoms with E-state index in [1.807, 2.05) is 30.3 Å². The summed E-state index contributed by atoms with van der Waals surface area (Å²) < 4.78 is 32.7. The van der Waals surface area contributed by atoms with E-state index in [0.717, 1.165) is 18.4 Å². The van der Waals surface area contributed by atoms with Gasteiger partial charge in [-0.15, -0.1) is 0 Å². The number of ether oxygens (including phenoxy) is 1. The summed E-state index contributed by atoms with van der Waals surface area (Å²) in [5.41, 5.74) is 1.68. The van der Waals surface area contributed by atoms with Crippen LogP contribution in [0.2, 0.25) is 0 Å². The van der Waals surface area contributed by atoms with Gasteiger partial charge in [-0.3, -0.25) is 4.79 Å². The van der Waals surface area contributed by atoms with Gasteiger partial charge in [0.05, 0.1) is 11.0 Å². The summed E-state index contributed by atoms with van der Waals surface area (Å²) in [6.07, 6.45) is 2.81. The molecule has 0 saturated carbocycles. The summed E-state index contributed by atoms with van der Waals surface area (Å²) in [5.74, 6) is -0.106. The van der Waals surface area contributed by atoms with Crippen LogP contribution in [-0.4, -0.2) is 33.6 Å². The van der Waals surface area contributed by atoms with Gasteiger partial charge < -0.3 is 10.1 Å². The van der Waals surface area contributed by atoms with Crippen LogP contribution < -0.4 is 10.0 Å². The van der Waals surface area contributed by atoms with Gasteiger partial charge in [0, 0.05) is 25.3 Å². The van der Waals surface area contributed by atoms with Gasteiger partial charge in [-0.2, -0.15) is 0 Å². The lowest BCUT2D eigenvalue weighted by Crippen LogP contribution is -2.31. The summed E-state index contributed by atoms with van der Waals surface area (Å²) in [6.45, 7) is 0.964. The van der Waals surface area contributed by atoms with E-state index in [9.17, 15) is 13.2 Å². The summed E-state index contributed by atoms with van der Waals surface area (Å²) in [4.78, 5) is 12.2. The topological polar surface area (TPSA) is 84.5 Å². The van der Waals surface area contributed by atoms with Crippen LogP contribution >= 0.6 is 0 Å². The number of nitrogens with one attached hydrogen (secondary N) is 2. The predicted molar refractivity (Wildman–Crippen MR) is 104 cm³/mol. The Morgan fingerprint density at radius 3 is 2.48 bits per heavy atom. The van der Waals surface area contributed by atoms with Crippen molar-refractivity contribution in [3.63, 3.8) is 0 Å². The number of aryl methyl sites for hydroxylation is 1. The van der Waals surface area contributed by atoms with E-state index in [1.165, 1.54) is 12.1 Å². The average Bonchev–Trinajstić information content (AvgIpc) is 3.20. The number of benzene rings is 2. The molecule has 1 aliphatic heterocycles. The highest BCUT2D eigenvalue weighted by Gasteiger charge is 2.20. The fourth-order valence-corrected chi connectivity index (χ4v) is 4.00. The van der Waals surface area contributed by atoms with Gasteiger partial charge in [-0.1, -0.05) is 30.3 Å². The van der Waals surface area contributed by atoms with Gasteiger partial charge in [-0.25, -0.2) is 13.1 Å². The van der Waals surface area contributed by atoms with E-state index in [1.54, 1.807) is 12.1 Å². The molecule has 0 bridgehead atoms. The first-order chi connectivity index (χ1) is 13.0. The minimum absolute atomic E-state index is 0.0528. The largest absolute Gasteiger partial charge is 0.377 e. The lowest BCUT2D eigenvalue weighted by Gasteiger charge is -2.12. The van der Waals surface area contributed by atoms with Crippen LogP contribution in [0.15, 0.2) is 59.5 Å². The van der Waals surface area contributed by atoms with Crippen molar-refractivity contribution in [2.24, 2.45) is 0 Å². The highest BCUT2D eigenvalue weighted by atomic mass is 32.2. The number of carbonyl (C=O) groups is 1. The maximum absolute atomic E-state index is 12.3. The molecule has 144 valence electrons. The normalized spacial score (nSPS) is 17.0. The zero-order valence-corrected chi connectivity index (χ0v) is 15.9. The number of hydrogen-bond acceptors (Lipinski definition) is 4. The van der Waals surface area contributed by atoms with Crippen molar-refractivity contribution in [2.75, 3.05) is 18.5 Å². The van der Waals surface area contributed by atoms with Gasteiger partial charge in [-0.05, 0) is 49.1 Å². The standard InChI is InChI=1S/C20H24N2O4S/c23-20(13-8-16-5-2-1-3-6-16)22-17-9-11-19(12-10-17)27(24,25)21-15-18-7-4-14-26-18/h1-3,5-6,9-12,18,21H,4,7-8,13-15H2,(H,22,23). The number of amides is 1. The van der Waals surface area contributed by atoms with Gasteiger partial charge in [0.1, 0.15) is 0 Å². The third kappa shape index (κ3) is 5.89. The summed E-state index contributed by atoms with van der Waals surface area (Å²) in [5, 5.41) is 2.79. The third-order valence-electron chi connectivity index (χ3n) is 4.46. The number of anilines is 1. The van der Waals surface area contributed by atoms with Crippen molar-refractivity contribution in [1.82, 2.24) is 4.72 Å². The van der Waals surface area contributed by atoms with Gasteiger partial charge >= 0.3 is 0 Å². The average molecular weight is 388 g/mol. The molecule has 2 N–H and O–H groups in total. The van der Waals surface area contributed by atoms with Crippen molar-refractivity contribution in [3.8, 4) is 0 Å².